The maximum atomic E-state index is 5.85. The molecule has 0 aromatic rings. The second kappa shape index (κ2) is 8.93. The van der Waals surface area contributed by atoms with Gasteiger partial charge in [-0.25, -0.2) is 0 Å². The molecule has 1 fully saturated rings. The normalized spacial score (nSPS) is 26.1. The molecule has 0 radical (unpaired) electrons. The molecule has 2 heteroatoms. The molecule has 2 unspecified atom stereocenters. The lowest BCUT2D eigenvalue weighted by atomic mass is 9.88. The zero-order chi connectivity index (χ0) is 12.5. The number of hydrogen-bond acceptors (Lipinski definition) is 2. The van der Waals surface area contributed by atoms with Crippen LogP contribution in [0.2, 0.25) is 0 Å². The van der Waals surface area contributed by atoms with E-state index in [1.807, 2.05) is 0 Å². The van der Waals surface area contributed by atoms with E-state index < -0.39 is 0 Å². The monoisotopic (exact) mass is 241 g/mol. The van der Waals surface area contributed by atoms with Crippen LogP contribution in [-0.4, -0.2) is 25.8 Å². The minimum atomic E-state index is 0.377. The SMILES string of the molecule is CCCNCC1CCCCCC1COC(C)C. The number of nitrogens with one attached hydrogen (secondary N) is 1. The first-order chi connectivity index (χ1) is 8.24. The molecule has 17 heavy (non-hydrogen) atoms. The zero-order valence-electron chi connectivity index (χ0n) is 12.0. The van der Waals surface area contributed by atoms with Gasteiger partial charge in [0.05, 0.1) is 12.7 Å². The molecule has 0 aliphatic heterocycles. The van der Waals surface area contributed by atoms with E-state index in [4.69, 9.17) is 4.74 Å². The summed E-state index contributed by atoms with van der Waals surface area (Å²) in [6.45, 7) is 9.84. The van der Waals surface area contributed by atoms with Crippen molar-refractivity contribution in [2.24, 2.45) is 11.8 Å². The van der Waals surface area contributed by atoms with Crippen molar-refractivity contribution in [1.82, 2.24) is 5.32 Å². The van der Waals surface area contributed by atoms with Gasteiger partial charge in [-0.1, -0.05) is 26.2 Å². The lowest BCUT2D eigenvalue weighted by molar-refractivity contribution is 0.0323. The molecule has 0 spiro atoms. The molecule has 1 saturated carbocycles. The van der Waals surface area contributed by atoms with E-state index in [0.717, 1.165) is 25.0 Å². The Hall–Kier alpha value is -0.0800. The Morgan fingerprint density at radius 1 is 1.12 bits per heavy atom. The van der Waals surface area contributed by atoms with E-state index >= 15 is 0 Å². The zero-order valence-corrected chi connectivity index (χ0v) is 12.0. The summed E-state index contributed by atoms with van der Waals surface area (Å²) < 4.78 is 5.85. The van der Waals surface area contributed by atoms with Crippen molar-refractivity contribution >= 4 is 0 Å². The number of hydrogen-bond donors (Lipinski definition) is 1. The fourth-order valence-electron chi connectivity index (χ4n) is 2.73. The second-order valence-corrected chi connectivity index (χ2v) is 5.74. The fourth-order valence-corrected chi connectivity index (χ4v) is 2.73. The molecular formula is C15H31NO. The van der Waals surface area contributed by atoms with Gasteiger partial charge in [-0.3, -0.25) is 0 Å². The van der Waals surface area contributed by atoms with Crippen molar-refractivity contribution in [3.63, 3.8) is 0 Å². The van der Waals surface area contributed by atoms with Crippen LogP contribution >= 0.6 is 0 Å². The number of rotatable bonds is 7. The predicted octanol–water partition coefficient (Wildman–Crippen LogP) is 3.61. The molecule has 1 N–H and O–H groups in total. The average molecular weight is 241 g/mol. The van der Waals surface area contributed by atoms with Gasteiger partial charge < -0.3 is 10.1 Å². The van der Waals surface area contributed by atoms with E-state index in [-0.39, 0.29) is 0 Å². The molecule has 2 nitrogen and oxygen atoms in total. The Kier molecular flexibility index (Phi) is 7.87. The van der Waals surface area contributed by atoms with Crippen molar-refractivity contribution < 1.29 is 4.74 Å². The Balaban J connectivity index is 2.35. The molecule has 0 heterocycles. The van der Waals surface area contributed by atoms with Gasteiger partial charge >= 0.3 is 0 Å². The van der Waals surface area contributed by atoms with Crippen LogP contribution in [0.15, 0.2) is 0 Å². The van der Waals surface area contributed by atoms with Gasteiger partial charge in [0.1, 0.15) is 0 Å². The molecule has 102 valence electrons. The van der Waals surface area contributed by atoms with Gasteiger partial charge in [-0.15, -0.1) is 0 Å². The van der Waals surface area contributed by atoms with Gasteiger partial charge in [0.25, 0.3) is 0 Å². The van der Waals surface area contributed by atoms with Crippen LogP contribution in [-0.2, 0) is 4.74 Å². The van der Waals surface area contributed by atoms with Crippen LogP contribution in [0.25, 0.3) is 0 Å². The highest BCUT2D eigenvalue weighted by Crippen LogP contribution is 2.29. The lowest BCUT2D eigenvalue weighted by Crippen LogP contribution is -2.31. The van der Waals surface area contributed by atoms with Crippen molar-refractivity contribution in [2.45, 2.75) is 65.4 Å². The predicted molar refractivity (Wildman–Crippen MR) is 74.3 cm³/mol. The van der Waals surface area contributed by atoms with Gasteiger partial charge in [0.15, 0.2) is 0 Å². The highest BCUT2D eigenvalue weighted by Gasteiger charge is 2.23. The molecular weight excluding hydrogens is 210 g/mol. The standard InChI is InChI=1S/C15H31NO/c1-4-10-16-11-14-8-6-5-7-9-15(14)12-17-13(2)3/h13-16H,4-12H2,1-3H3. The smallest absolute Gasteiger partial charge is 0.0519 e. The first-order valence-electron chi connectivity index (χ1n) is 7.56. The molecule has 0 bridgehead atoms. The van der Waals surface area contributed by atoms with Crippen molar-refractivity contribution in [3.05, 3.63) is 0 Å². The molecule has 0 amide bonds. The Morgan fingerprint density at radius 2 is 1.82 bits per heavy atom. The summed E-state index contributed by atoms with van der Waals surface area (Å²) in [5, 5.41) is 3.59. The van der Waals surface area contributed by atoms with Crippen molar-refractivity contribution in [3.8, 4) is 0 Å². The molecule has 2 atom stereocenters. The van der Waals surface area contributed by atoms with E-state index in [2.05, 4.69) is 26.1 Å². The summed E-state index contributed by atoms with van der Waals surface area (Å²) in [7, 11) is 0. The van der Waals surface area contributed by atoms with Crippen molar-refractivity contribution in [2.75, 3.05) is 19.7 Å². The summed E-state index contributed by atoms with van der Waals surface area (Å²) in [6, 6.07) is 0. The molecule has 0 aromatic heterocycles. The largest absolute Gasteiger partial charge is 0.378 e. The molecule has 1 aliphatic carbocycles. The molecule has 0 aromatic carbocycles. The van der Waals surface area contributed by atoms with E-state index in [9.17, 15) is 0 Å². The fraction of sp³-hybridized carbons (Fsp3) is 1.00. The topological polar surface area (TPSA) is 21.3 Å². The van der Waals surface area contributed by atoms with Crippen LogP contribution in [0.1, 0.15) is 59.3 Å². The van der Waals surface area contributed by atoms with Crippen LogP contribution in [0.3, 0.4) is 0 Å². The maximum absolute atomic E-state index is 5.85. The van der Waals surface area contributed by atoms with Gasteiger partial charge in [-0.05, 0) is 58.0 Å². The molecule has 1 aliphatic rings. The third-order valence-corrected chi connectivity index (χ3v) is 3.79. The quantitative estimate of drug-likeness (QED) is 0.543. The van der Waals surface area contributed by atoms with Crippen LogP contribution in [0, 0.1) is 11.8 Å². The van der Waals surface area contributed by atoms with E-state index in [1.54, 1.807) is 0 Å². The minimum Gasteiger partial charge on any atom is -0.378 e. The summed E-state index contributed by atoms with van der Waals surface area (Å²) in [4.78, 5) is 0. The second-order valence-electron chi connectivity index (χ2n) is 5.74. The molecule has 0 saturated heterocycles. The van der Waals surface area contributed by atoms with Gasteiger partial charge in [0.2, 0.25) is 0 Å². The lowest BCUT2D eigenvalue weighted by Gasteiger charge is -2.26. The van der Waals surface area contributed by atoms with Crippen LogP contribution < -0.4 is 5.32 Å². The van der Waals surface area contributed by atoms with Crippen LogP contribution in [0.4, 0.5) is 0 Å². The first kappa shape index (κ1) is 15.0. The van der Waals surface area contributed by atoms with E-state index in [0.29, 0.717) is 6.10 Å². The third-order valence-electron chi connectivity index (χ3n) is 3.79. The summed E-state index contributed by atoms with van der Waals surface area (Å²) in [5.41, 5.74) is 0. The van der Waals surface area contributed by atoms with Gasteiger partial charge in [-0.2, -0.15) is 0 Å². The number of ether oxygens (including phenoxy) is 1. The Labute approximate surface area is 108 Å². The summed E-state index contributed by atoms with van der Waals surface area (Å²) in [6.07, 6.45) is 8.60. The maximum Gasteiger partial charge on any atom is 0.0519 e. The first-order valence-corrected chi connectivity index (χ1v) is 7.56. The highest BCUT2D eigenvalue weighted by atomic mass is 16.5. The van der Waals surface area contributed by atoms with E-state index in [1.165, 1.54) is 45.1 Å². The Bertz CT molecular complexity index is 182. The molecule has 1 rings (SSSR count). The summed E-state index contributed by atoms with van der Waals surface area (Å²) in [5.74, 6) is 1.62. The van der Waals surface area contributed by atoms with Crippen molar-refractivity contribution in [1.29, 1.82) is 0 Å². The highest BCUT2D eigenvalue weighted by molar-refractivity contribution is 4.76. The Morgan fingerprint density at radius 3 is 2.47 bits per heavy atom. The van der Waals surface area contributed by atoms with Crippen LogP contribution in [0.5, 0.6) is 0 Å². The minimum absolute atomic E-state index is 0.377. The average Bonchev–Trinajstić information content (AvgIpc) is 2.52. The summed E-state index contributed by atoms with van der Waals surface area (Å²) >= 11 is 0. The third kappa shape index (κ3) is 6.42. The van der Waals surface area contributed by atoms with Gasteiger partial charge in [0, 0.05) is 0 Å².